The molecule has 18 nitrogen and oxygen atoms in total. The number of urea groups is 1. The molecule has 19 heteroatoms. The number of anilines is 1. The molecule has 2 aliphatic heterocycles. The molecule has 2 aliphatic carbocycles. The van der Waals surface area contributed by atoms with Crippen molar-refractivity contribution in [2.75, 3.05) is 25.0 Å². The Morgan fingerprint density at radius 3 is 2.23 bits per heavy atom. The number of benzene rings is 2. The van der Waals surface area contributed by atoms with Crippen LogP contribution in [0, 0.1) is 24.6 Å². The Morgan fingerprint density at radius 2 is 1.59 bits per heavy atom. The molecule has 1 aromatic heterocycles. The van der Waals surface area contributed by atoms with Crippen molar-refractivity contribution >= 4 is 69.5 Å². The van der Waals surface area contributed by atoms with Crippen molar-refractivity contribution in [3.63, 3.8) is 0 Å². The summed E-state index contributed by atoms with van der Waals surface area (Å²) in [4.78, 5) is 108. The van der Waals surface area contributed by atoms with E-state index in [2.05, 4.69) is 26.6 Å². The summed E-state index contributed by atoms with van der Waals surface area (Å²) in [5.74, 6) is -4.24. The maximum atomic E-state index is 15.6. The Balaban J connectivity index is 0.00000217. The lowest BCUT2D eigenvalue weighted by Gasteiger charge is -2.32. The number of nitrogens with zero attached hydrogens (tertiary/aromatic N) is 2. The zero-order chi connectivity index (χ0) is 58.7. The van der Waals surface area contributed by atoms with E-state index in [1.807, 2.05) is 67.5 Å². The molecule has 0 saturated heterocycles. The molecule has 7 amide bonds. The minimum Gasteiger partial charge on any atom is -0.458 e. The van der Waals surface area contributed by atoms with Crippen LogP contribution >= 0.6 is 0 Å². The molecule has 5 atom stereocenters. The predicted octanol–water partition coefficient (Wildman–Crippen LogP) is 7.81. The number of aromatic nitrogens is 1. The van der Waals surface area contributed by atoms with Crippen LogP contribution in [0.1, 0.15) is 160 Å². The Bertz CT molecular complexity index is 2790. The molecule has 0 bridgehead atoms. The Hall–Kier alpha value is -7.12. The lowest BCUT2D eigenvalue weighted by atomic mass is 9.79. The van der Waals surface area contributed by atoms with E-state index in [-0.39, 0.29) is 97.3 Å². The third-order valence-electron chi connectivity index (χ3n) is 14.1. The average molecular weight is 1100 g/mol. The second-order valence-corrected chi connectivity index (χ2v) is 19.5. The first kappa shape index (κ1) is 64.4. The number of hydrogen-bond donors (Lipinski definition) is 7. The topological polar surface area (TPSA) is 268 Å². The molecule has 4 aliphatic rings. The minimum absolute atomic E-state index is 0.110. The number of imide groups is 1. The highest BCUT2D eigenvalue weighted by Gasteiger charge is 2.38. The SMILES string of the molecule is CC.CC.CC.CCc1c(C2=CC3=C(COC(=O)C3O)C(=O)CC2C)nc2cc(F)c(C)c3c2c1[C@@H](NCc1ccc(NC(=O)C(CCCNC(N)=O)NC(=O)[C@@H](NC(=O)CCCCCN2C(=O)C=CC2=O)C(C)C)cc1)CC3. The number of carbonyl (C=O) groups excluding carboxylic acids is 8. The zero-order valence-electron chi connectivity index (χ0n) is 48.0. The molecule has 0 spiro atoms. The normalized spacial score (nSPS) is 18.1. The number of nitrogens with one attached hydrogen (secondary N) is 5. The first-order chi connectivity index (χ1) is 37.9. The van der Waals surface area contributed by atoms with Crippen molar-refractivity contribution in [3.8, 4) is 0 Å². The first-order valence-electron chi connectivity index (χ1n) is 28.1. The number of aryl methyl sites for hydroxylation is 1. The van der Waals surface area contributed by atoms with Gasteiger partial charge in [-0.05, 0) is 115 Å². The van der Waals surface area contributed by atoms with E-state index in [0.717, 1.165) is 32.5 Å². The Morgan fingerprint density at radius 1 is 0.924 bits per heavy atom. The number of ketones is 1. The number of cyclic esters (lactones) is 1. The van der Waals surface area contributed by atoms with Gasteiger partial charge in [0, 0.05) is 79.0 Å². The van der Waals surface area contributed by atoms with Gasteiger partial charge in [-0.1, -0.05) is 87.8 Å². The van der Waals surface area contributed by atoms with Gasteiger partial charge in [0.25, 0.3) is 11.8 Å². The number of pyridine rings is 1. The van der Waals surface area contributed by atoms with Gasteiger partial charge in [0.05, 0.1) is 11.2 Å². The monoisotopic (exact) mass is 1090 g/mol. The smallest absolute Gasteiger partial charge is 0.340 e. The van der Waals surface area contributed by atoms with Crippen molar-refractivity contribution in [1.29, 1.82) is 0 Å². The summed E-state index contributed by atoms with van der Waals surface area (Å²) in [6, 6.07) is 5.75. The summed E-state index contributed by atoms with van der Waals surface area (Å²) in [6.07, 6.45) is 6.58. The molecule has 0 saturated carbocycles. The lowest BCUT2D eigenvalue weighted by molar-refractivity contribution is -0.152. The number of carbonyl (C=O) groups is 8. The molecule has 0 fully saturated rings. The highest BCUT2D eigenvalue weighted by atomic mass is 19.1. The van der Waals surface area contributed by atoms with Crippen LogP contribution in [0.4, 0.5) is 14.9 Å². The molecule has 0 radical (unpaired) electrons. The van der Waals surface area contributed by atoms with Crippen LogP contribution in [-0.2, 0) is 57.7 Å². The maximum absolute atomic E-state index is 15.6. The number of esters is 1. The number of Topliss-reactive ketones (excluding diaryl/α,β-unsaturated/α-hetero) is 1. The quantitative estimate of drug-likeness (QED) is 0.0306. The zero-order valence-corrected chi connectivity index (χ0v) is 48.0. The number of ether oxygens (including phenoxy) is 1. The number of primary amides is 1. The van der Waals surface area contributed by atoms with E-state index in [9.17, 15) is 43.5 Å². The average Bonchev–Trinajstić information content (AvgIpc) is 3.91. The van der Waals surface area contributed by atoms with Crippen LogP contribution in [0.3, 0.4) is 0 Å². The van der Waals surface area contributed by atoms with Crippen molar-refractivity contribution in [1.82, 2.24) is 31.2 Å². The van der Waals surface area contributed by atoms with E-state index >= 15 is 4.39 Å². The summed E-state index contributed by atoms with van der Waals surface area (Å²) in [5.41, 5.74) is 12.2. The molecule has 79 heavy (non-hydrogen) atoms. The number of aliphatic hydroxyl groups excluding tert-OH is 1. The highest BCUT2D eigenvalue weighted by Crippen LogP contribution is 2.44. The van der Waals surface area contributed by atoms with Crippen LogP contribution in [0.2, 0.25) is 0 Å². The van der Waals surface area contributed by atoms with Gasteiger partial charge in [-0.2, -0.15) is 0 Å². The fourth-order valence-electron chi connectivity index (χ4n) is 10.1. The van der Waals surface area contributed by atoms with Crippen LogP contribution in [-0.4, -0.2) is 100 Å². The maximum Gasteiger partial charge on any atom is 0.340 e. The summed E-state index contributed by atoms with van der Waals surface area (Å²) in [7, 11) is 0. The lowest BCUT2D eigenvalue weighted by Crippen LogP contribution is -2.54. The molecule has 3 aromatic rings. The van der Waals surface area contributed by atoms with Gasteiger partial charge < -0.3 is 42.2 Å². The number of allylic oxidation sites excluding steroid dienone is 1. The summed E-state index contributed by atoms with van der Waals surface area (Å²) < 4.78 is 20.7. The highest BCUT2D eigenvalue weighted by molar-refractivity contribution is 6.13. The van der Waals surface area contributed by atoms with Crippen LogP contribution in [0.15, 0.2) is 59.7 Å². The second kappa shape index (κ2) is 30.9. The van der Waals surface area contributed by atoms with Gasteiger partial charge in [-0.25, -0.2) is 19.0 Å². The van der Waals surface area contributed by atoms with E-state index in [4.69, 9.17) is 15.5 Å². The molecular formula is C60H83FN8O10. The van der Waals surface area contributed by atoms with Crippen LogP contribution in [0.5, 0.6) is 0 Å². The van der Waals surface area contributed by atoms with Gasteiger partial charge in [-0.15, -0.1) is 0 Å². The van der Waals surface area contributed by atoms with Gasteiger partial charge in [0.2, 0.25) is 17.7 Å². The standard InChI is InChI=1S/C54H65FN8O10.3C2H6/c1-6-33-46-39(18-17-34-30(5)38(55)25-41(47(34)46)60-49(33)35-24-36-37(42(64)23-29(35)4)27-73-53(71)50(36)68)58-26-31-13-15-32(16-14-31)59-51(69)40(11-10-21-57-54(56)72)61-52(70)48(28(2)3)62-43(65)12-8-7-9-22-63-44(66)19-20-45(63)67;3*1-2/h13-16,19-20,24-25,28-29,39-40,48,50,58,68H,6-12,17-18,21-23,26-27H2,1-5H3,(H,59,69)(H,61,70)(H,62,65)(H3,56,57,72);3*1-2H3/t29?,39-,40?,48-,50?;;;/m0.../s1. The Kier molecular flexibility index (Phi) is 25.2. The molecule has 2 aromatic carbocycles. The number of aliphatic hydroxyl groups is 1. The number of unbranched alkanes of at least 4 members (excludes halogenated alkanes) is 2. The molecular weight excluding hydrogens is 1010 g/mol. The molecule has 3 heterocycles. The van der Waals surface area contributed by atoms with Crippen molar-refractivity contribution in [2.24, 2.45) is 17.6 Å². The number of rotatable bonds is 21. The number of hydrogen-bond acceptors (Lipinski definition) is 12. The number of amides is 7. The second-order valence-electron chi connectivity index (χ2n) is 19.5. The summed E-state index contributed by atoms with van der Waals surface area (Å²) >= 11 is 0. The summed E-state index contributed by atoms with van der Waals surface area (Å²) in [6.45, 7) is 21.9. The third kappa shape index (κ3) is 16.2. The predicted molar refractivity (Wildman–Crippen MR) is 303 cm³/mol. The molecule has 8 N–H and O–H groups in total. The van der Waals surface area contributed by atoms with E-state index in [1.165, 1.54) is 18.2 Å². The van der Waals surface area contributed by atoms with Gasteiger partial charge in [0.1, 0.15) is 24.5 Å². The first-order valence-corrected chi connectivity index (χ1v) is 28.1. The largest absolute Gasteiger partial charge is 0.458 e. The van der Waals surface area contributed by atoms with E-state index < -0.39 is 42.0 Å². The molecule has 430 valence electrons. The number of halogens is 1. The van der Waals surface area contributed by atoms with Crippen molar-refractivity contribution < 1.29 is 52.6 Å². The minimum atomic E-state index is -1.62. The van der Waals surface area contributed by atoms with Crippen LogP contribution in [0.25, 0.3) is 16.5 Å². The molecule has 3 unspecified atom stereocenters. The third-order valence-corrected chi connectivity index (χ3v) is 14.1. The van der Waals surface area contributed by atoms with Gasteiger partial charge in [0.15, 0.2) is 11.9 Å². The number of nitrogens with two attached hydrogens (primary N) is 1. The van der Waals surface area contributed by atoms with Crippen molar-refractivity contribution in [3.05, 3.63) is 99.0 Å². The summed E-state index contributed by atoms with van der Waals surface area (Å²) in [5, 5.41) is 26.5. The fourth-order valence-corrected chi connectivity index (χ4v) is 10.1. The van der Waals surface area contributed by atoms with E-state index in [1.54, 1.807) is 39.0 Å². The van der Waals surface area contributed by atoms with Gasteiger partial charge in [-0.3, -0.25) is 33.7 Å². The van der Waals surface area contributed by atoms with Gasteiger partial charge >= 0.3 is 12.0 Å². The molecule has 7 rings (SSSR count). The van der Waals surface area contributed by atoms with Crippen molar-refractivity contribution in [2.45, 2.75) is 171 Å². The fraction of sp³-hybridized carbons (Fsp3) is 0.517. The van der Waals surface area contributed by atoms with E-state index in [0.29, 0.717) is 79.5 Å². The van der Waals surface area contributed by atoms with Crippen LogP contribution < -0.4 is 32.3 Å². The Labute approximate surface area is 464 Å².